The van der Waals surface area contributed by atoms with Crippen molar-refractivity contribution in [2.24, 2.45) is 5.73 Å². The van der Waals surface area contributed by atoms with Gasteiger partial charge in [0.2, 0.25) is 0 Å². The summed E-state index contributed by atoms with van der Waals surface area (Å²) in [6, 6.07) is 8.32. The van der Waals surface area contributed by atoms with Gasteiger partial charge in [-0.1, -0.05) is 38.1 Å². The predicted octanol–water partition coefficient (Wildman–Crippen LogP) is 2.66. The third-order valence-corrected chi connectivity index (χ3v) is 2.71. The fourth-order valence-electron chi connectivity index (χ4n) is 1.64. The van der Waals surface area contributed by atoms with Crippen molar-refractivity contribution in [3.05, 3.63) is 35.4 Å². The van der Waals surface area contributed by atoms with Crippen LogP contribution in [0.4, 0.5) is 0 Å². The zero-order valence-corrected chi connectivity index (χ0v) is 10.2. The molecule has 1 aromatic carbocycles. The molecule has 2 nitrogen and oxygen atoms in total. The van der Waals surface area contributed by atoms with Crippen LogP contribution in [0.5, 0.6) is 0 Å². The second kappa shape index (κ2) is 6.44. The quantitative estimate of drug-likeness (QED) is 0.799. The standard InChI is InChI=1S/C14H21NO/c1-11(2)13-7-5-12(6-8-13)10-14(16)4-3-9-15/h5-8,11H,3-4,9-10,15H2,1-2H3. The Bertz CT molecular complexity index is 327. The van der Waals surface area contributed by atoms with Gasteiger partial charge in [0.1, 0.15) is 5.78 Å². The molecule has 0 saturated carbocycles. The second-order valence-electron chi connectivity index (χ2n) is 4.50. The number of hydrogen-bond donors (Lipinski definition) is 1. The smallest absolute Gasteiger partial charge is 0.137 e. The first-order valence-electron chi connectivity index (χ1n) is 5.94. The van der Waals surface area contributed by atoms with E-state index in [9.17, 15) is 4.79 Å². The molecule has 1 aromatic rings. The molecule has 0 saturated heterocycles. The molecule has 0 radical (unpaired) electrons. The molecule has 16 heavy (non-hydrogen) atoms. The van der Waals surface area contributed by atoms with Crippen LogP contribution >= 0.6 is 0 Å². The Morgan fingerprint density at radius 1 is 1.25 bits per heavy atom. The van der Waals surface area contributed by atoms with Gasteiger partial charge < -0.3 is 5.73 Å². The van der Waals surface area contributed by atoms with Gasteiger partial charge in [-0.15, -0.1) is 0 Å². The molecule has 0 heterocycles. The lowest BCUT2D eigenvalue weighted by molar-refractivity contribution is -0.118. The third kappa shape index (κ3) is 4.15. The summed E-state index contributed by atoms with van der Waals surface area (Å²) in [5, 5.41) is 0. The highest BCUT2D eigenvalue weighted by Crippen LogP contribution is 2.15. The van der Waals surface area contributed by atoms with Gasteiger partial charge in [0.25, 0.3) is 0 Å². The molecule has 0 spiro atoms. The topological polar surface area (TPSA) is 43.1 Å². The number of nitrogens with two attached hydrogens (primary N) is 1. The van der Waals surface area contributed by atoms with Gasteiger partial charge in [-0.05, 0) is 30.0 Å². The molecule has 0 atom stereocenters. The predicted molar refractivity (Wildman–Crippen MR) is 67.5 cm³/mol. The first-order valence-corrected chi connectivity index (χ1v) is 5.94. The summed E-state index contributed by atoms with van der Waals surface area (Å²) in [6.07, 6.45) is 1.93. The molecule has 0 aromatic heterocycles. The van der Waals surface area contributed by atoms with Gasteiger partial charge in [0.15, 0.2) is 0 Å². The van der Waals surface area contributed by atoms with E-state index in [-0.39, 0.29) is 5.78 Å². The van der Waals surface area contributed by atoms with Crippen LogP contribution in [0, 0.1) is 0 Å². The fraction of sp³-hybridized carbons (Fsp3) is 0.500. The highest BCUT2D eigenvalue weighted by molar-refractivity contribution is 5.80. The molecule has 1 rings (SSSR count). The number of ketones is 1. The van der Waals surface area contributed by atoms with E-state index < -0.39 is 0 Å². The number of rotatable bonds is 6. The largest absolute Gasteiger partial charge is 0.330 e. The van der Waals surface area contributed by atoms with Crippen LogP contribution in [0.1, 0.15) is 43.7 Å². The zero-order chi connectivity index (χ0) is 12.0. The summed E-state index contributed by atoms with van der Waals surface area (Å²) in [6.45, 7) is 4.93. The van der Waals surface area contributed by atoms with E-state index in [4.69, 9.17) is 5.73 Å². The molecule has 88 valence electrons. The van der Waals surface area contributed by atoms with E-state index in [2.05, 4.69) is 38.1 Å². The van der Waals surface area contributed by atoms with E-state index >= 15 is 0 Å². The van der Waals surface area contributed by atoms with Crippen LogP contribution in [0.25, 0.3) is 0 Å². The normalized spacial score (nSPS) is 10.8. The average molecular weight is 219 g/mol. The lowest BCUT2D eigenvalue weighted by Gasteiger charge is -2.06. The first kappa shape index (κ1) is 12.9. The Labute approximate surface area is 97.9 Å². The van der Waals surface area contributed by atoms with E-state index in [0.717, 1.165) is 12.0 Å². The van der Waals surface area contributed by atoms with Crippen LogP contribution in [0.15, 0.2) is 24.3 Å². The second-order valence-corrected chi connectivity index (χ2v) is 4.50. The van der Waals surface area contributed by atoms with Gasteiger partial charge in [-0.2, -0.15) is 0 Å². The van der Waals surface area contributed by atoms with Crippen molar-refractivity contribution >= 4 is 5.78 Å². The summed E-state index contributed by atoms with van der Waals surface area (Å²) in [5.41, 5.74) is 7.79. The van der Waals surface area contributed by atoms with E-state index in [1.165, 1.54) is 5.56 Å². The zero-order valence-electron chi connectivity index (χ0n) is 10.2. The van der Waals surface area contributed by atoms with Gasteiger partial charge in [0.05, 0.1) is 0 Å². The fourth-order valence-corrected chi connectivity index (χ4v) is 1.64. The van der Waals surface area contributed by atoms with Gasteiger partial charge in [-0.3, -0.25) is 4.79 Å². The number of hydrogen-bond acceptors (Lipinski definition) is 2. The molecule has 2 N–H and O–H groups in total. The summed E-state index contributed by atoms with van der Waals surface area (Å²) < 4.78 is 0. The molecule has 0 fully saturated rings. The molecule has 0 aliphatic rings. The Morgan fingerprint density at radius 3 is 2.38 bits per heavy atom. The molecule has 2 heteroatoms. The van der Waals surface area contributed by atoms with Gasteiger partial charge in [-0.25, -0.2) is 0 Å². The average Bonchev–Trinajstić information content (AvgIpc) is 2.27. The molecular weight excluding hydrogens is 198 g/mol. The van der Waals surface area contributed by atoms with E-state index in [1.54, 1.807) is 0 Å². The lowest BCUT2D eigenvalue weighted by atomic mass is 9.99. The van der Waals surface area contributed by atoms with Crippen molar-refractivity contribution in [1.29, 1.82) is 0 Å². The van der Waals surface area contributed by atoms with E-state index in [1.807, 2.05) is 0 Å². The summed E-state index contributed by atoms with van der Waals surface area (Å²) in [4.78, 5) is 11.5. The molecular formula is C14H21NO. The monoisotopic (exact) mass is 219 g/mol. The van der Waals surface area contributed by atoms with Crippen LogP contribution in [0.3, 0.4) is 0 Å². The lowest BCUT2D eigenvalue weighted by Crippen LogP contribution is -2.07. The van der Waals surface area contributed by atoms with Crippen LogP contribution in [0.2, 0.25) is 0 Å². The number of Topliss-reactive ketones (excluding diaryl/α,β-unsaturated/α-hetero) is 1. The van der Waals surface area contributed by atoms with Gasteiger partial charge in [0, 0.05) is 12.8 Å². The number of carbonyl (C=O) groups excluding carboxylic acids is 1. The van der Waals surface area contributed by atoms with Crippen molar-refractivity contribution in [1.82, 2.24) is 0 Å². The third-order valence-electron chi connectivity index (χ3n) is 2.71. The molecule has 0 aliphatic heterocycles. The van der Waals surface area contributed by atoms with Crippen molar-refractivity contribution in [2.75, 3.05) is 6.54 Å². The van der Waals surface area contributed by atoms with Crippen LogP contribution < -0.4 is 5.73 Å². The summed E-state index contributed by atoms with van der Waals surface area (Å²) in [7, 11) is 0. The maximum Gasteiger partial charge on any atom is 0.137 e. The maximum absolute atomic E-state index is 11.5. The highest BCUT2D eigenvalue weighted by Gasteiger charge is 2.04. The minimum atomic E-state index is 0.280. The Kier molecular flexibility index (Phi) is 5.20. The Morgan fingerprint density at radius 2 is 1.88 bits per heavy atom. The van der Waals surface area contributed by atoms with Crippen LogP contribution in [-0.2, 0) is 11.2 Å². The van der Waals surface area contributed by atoms with Crippen molar-refractivity contribution < 1.29 is 4.79 Å². The van der Waals surface area contributed by atoms with Crippen molar-refractivity contribution in [3.63, 3.8) is 0 Å². The molecule has 0 aliphatic carbocycles. The molecule has 0 unspecified atom stereocenters. The Hall–Kier alpha value is -1.15. The minimum absolute atomic E-state index is 0.280. The summed E-state index contributed by atoms with van der Waals surface area (Å²) >= 11 is 0. The van der Waals surface area contributed by atoms with Crippen molar-refractivity contribution in [2.45, 2.75) is 39.0 Å². The highest BCUT2D eigenvalue weighted by atomic mass is 16.1. The molecule has 0 bridgehead atoms. The van der Waals surface area contributed by atoms with Crippen molar-refractivity contribution in [3.8, 4) is 0 Å². The minimum Gasteiger partial charge on any atom is -0.330 e. The Balaban J connectivity index is 2.51. The van der Waals surface area contributed by atoms with Gasteiger partial charge >= 0.3 is 0 Å². The SMILES string of the molecule is CC(C)c1ccc(CC(=O)CCCN)cc1. The summed E-state index contributed by atoms with van der Waals surface area (Å²) in [5.74, 6) is 0.824. The first-order chi connectivity index (χ1) is 7.63. The number of carbonyl (C=O) groups is 1. The van der Waals surface area contributed by atoms with E-state index in [0.29, 0.717) is 25.3 Å². The van der Waals surface area contributed by atoms with Crippen LogP contribution in [-0.4, -0.2) is 12.3 Å². The molecule has 0 amide bonds. The maximum atomic E-state index is 11.5. The number of benzene rings is 1.